The van der Waals surface area contributed by atoms with Crippen molar-refractivity contribution in [2.45, 2.75) is 20.4 Å². The molecular weight excluding hydrogens is 212 g/mol. The van der Waals surface area contributed by atoms with Crippen LogP contribution in [0.3, 0.4) is 0 Å². The van der Waals surface area contributed by atoms with Gasteiger partial charge in [0.05, 0.1) is 35.3 Å². The lowest BCUT2D eigenvalue weighted by Gasteiger charge is -2.06. The van der Waals surface area contributed by atoms with E-state index in [9.17, 15) is 0 Å². The van der Waals surface area contributed by atoms with Crippen molar-refractivity contribution in [3.63, 3.8) is 0 Å². The molecule has 2 aromatic rings. The Morgan fingerprint density at radius 2 is 2.06 bits per heavy atom. The molecule has 0 bridgehead atoms. The van der Waals surface area contributed by atoms with Crippen molar-refractivity contribution in [2.24, 2.45) is 0 Å². The first-order valence-corrected chi connectivity index (χ1v) is 5.41. The minimum absolute atomic E-state index is 0.577. The topological polar surface area (TPSA) is 67.6 Å². The Bertz CT molecular complexity index is 590. The highest BCUT2D eigenvalue weighted by Crippen LogP contribution is 2.17. The molecule has 0 fully saturated rings. The Kier molecular flexibility index (Phi) is 2.84. The molecule has 0 spiro atoms. The largest absolute Gasteiger partial charge is 0.396 e. The van der Waals surface area contributed by atoms with Gasteiger partial charge in [-0.1, -0.05) is 18.2 Å². The van der Waals surface area contributed by atoms with Crippen LogP contribution in [-0.2, 0) is 6.54 Å². The molecule has 0 radical (unpaired) electrons. The van der Waals surface area contributed by atoms with Crippen molar-refractivity contribution in [2.75, 3.05) is 5.73 Å². The SMILES string of the molecule is Cc1nn(Cc2ccccc2C#N)c(C)c1N. The van der Waals surface area contributed by atoms with Crippen molar-refractivity contribution in [1.29, 1.82) is 5.26 Å². The smallest absolute Gasteiger partial charge is 0.0995 e. The van der Waals surface area contributed by atoms with Gasteiger partial charge in [0.15, 0.2) is 0 Å². The number of benzene rings is 1. The first-order valence-electron chi connectivity index (χ1n) is 5.41. The normalized spacial score (nSPS) is 10.2. The molecule has 1 heterocycles. The maximum atomic E-state index is 9.02. The van der Waals surface area contributed by atoms with Gasteiger partial charge in [-0.25, -0.2) is 0 Å². The summed E-state index contributed by atoms with van der Waals surface area (Å²) < 4.78 is 1.83. The van der Waals surface area contributed by atoms with Crippen LogP contribution in [-0.4, -0.2) is 9.78 Å². The third kappa shape index (κ3) is 2.00. The number of hydrogen-bond donors (Lipinski definition) is 1. The molecule has 2 N–H and O–H groups in total. The standard InChI is InChI=1S/C13H14N4/c1-9-13(15)10(2)17(16-9)8-12-6-4-3-5-11(12)7-14/h3-6H,8,15H2,1-2H3. The lowest BCUT2D eigenvalue weighted by molar-refractivity contribution is 0.658. The minimum Gasteiger partial charge on any atom is -0.396 e. The van der Waals surface area contributed by atoms with Crippen LogP contribution >= 0.6 is 0 Å². The molecule has 0 aliphatic heterocycles. The highest BCUT2D eigenvalue weighted by molar-refractivity contribution is 5.47. The zero-order valence-electron chi connectivity index (χ0n) is 9.94. The molecule has 1 aromatic heterocycles. The second kappa shape index (κ2) is 4.30. The number of nitrogens with two attached hydrogens (primary N) is 1. The molecule has 1 aromatic carbocycles. The van der Waals surface area contributed by atoms with Gasteiger partial charge in [-0.3, -0.25) is 4.68 Å². The Balaban J connectivity index is 2.39. The second-order valence-corrected chi connectivity index (χ2v) is 4.01. The predicted molar refractivity (Wildman–Crippen MR) is 66.4 cm³/mol. The minimum atomic E-state index is 0.577. The second-order valence-electron chi connectivity index (χ2n) is 4.01. The fraction of sp³-hybridized carbons (Fsp3) is 0.231. The molecule has 0 unspecified atom stereocenters. The van der Waals surface area contributed by atoms with Crippen molar-refractivity contribution in [3.8, 4) is 6.07 Å². The van der Waals surface area contributed by atoms with E-state index < -0.39 is 0 Å². The van der Waals surface area contributed by atoms with Gasteiger partial charge in [0.2, 0.25) is 0 Å². The van der Waals surface area contributed by atoms with Crippen LogP contribution in [0.15, 0.2) is 24.3 Å². The van der Waals surface area contributed by atoms with Gasteiger partial charge in [-0.15, -0.1) is 0 Å². The first kappa shape index (κ1) is 11.2. The quantitative estimate of drug-likeness (QED) is 0.851. The lowest BCUT2D eigenvalue weighted by atomic mass is 10.1. The van der Waals surface area contributed by atoms with Crippen LogP contribution in [0.2, 0.25) is 0 Å². The molecule has 0 aliphatic carbocycles. The Morgan fingerprint density at radius 1 is 1.35 bits per heavy atom. The summed E-state index contributed by atoms with van der Waals surface area (Å²) in [7, 11) is 0. The molecule has 0 aliphatic rings. The van der Waals surface area contributed by atoms with Crippen LogP contribution < -0.4 is 5.73 Å². The number of nitriles is 1. The van der Waals surface area contributed by atoms with Crippen LogP contribution in [0, 0.1) is 25.2 Å². The fourth-order valence-corrected chi connectivity index (χ4v) is 1.79. The van der Waals surface area contributed by atoms with E-state index in [0.29, 0.717) is 12.1 Å². The third-order valence-corrected chi connectivity index (χ3v) is 2.90. The van der Waals surface area contributed by atoms with Gasteiger partial charge >= 0.3 is 0 Å². The van der Waals surface area contributed by atoms with Crippen molar-refractivity contribution in [1.82, 2.24) is 9.78 Å². The molecule has 0 amide bonds. The molecule has 4 heteroatoms. The first-order chi connectivity index (χ1) is 8.13. The maximum Gasteiger partial charge on any atom is 0.0995 e. The van der Waals surface area contributed by atoms with Gasteiger partial charge in [0, 0.05) is 0 Å². The number of nitrogen functional groups attached to an aromatic ring is 1. The van der Waals surface area contributed by atoms with Crippen molar-refractivity contribution >= 4 is 5.69 Å². The lowest BCUT2D eigenvalue weighted by Crippen LogP contribution is -2.05. The number of aryl methyl sites for hydroxylation is 1. The zero-order chi connectivity index (χ0) is 12.4. The molecule has 4 nitrogen and oxygen atoms in total. The van der Waals surface area contributed by atoms with Gasteiger partial charge in [-0.05, 0) is 25.5 Å². The molecule has 0 saturated carbocycles. The molecule has 17 heavy (non-hydrogen) atoms. The monoisotopic (exact) mass is 226 g/mol. The zero-order valence-corrected chi connectivity index (χ0v) is 9.94. The molecular formula is C13H14N4. The van der Waals surface area contributed by atoms with E-state index in [4.69, 9.17) is 11.0 Å². The summed E-state index contributed by atoms with van der Waals surface area (Å²) in [5.41, 5.74) is 10.0. The van der Waals surface area contributed by atoms with Crippen LogP contribution in [0.1, 0.15) is 22.5 Å². The van der Waals surface area contributed by atoms with E-state index in [1.54, 1.807) is 0 Å². The van der Waals surface area contributed by atoms with Crippen LogP contribution in [0.4, 0.5) is 5.69 Å². The van der Waals surface area contributed by atoms with Gasteiger partial charge in [0.25, 0.3) is 0 Å². The van der Waals surface area contributed by atoms with Gasteiger partial charge in [-0.2, -0.15) is 10.4 Å². The van der Waals surface area contributed by atoms with E-state index in [1.807, 2.05) is 42.8 Å². The summed E-state index contributed by atoms with van der Waals surface area (Å²) in [6, 6.07) is 9.71. The van der Waals surface area contributed by atoms with Gasteiger partial charge < -0.3 is 5.73 Å². The summed E-state index contributed by atoms with van der Waals surface area (Å²) in [4.78, 5) is 0. The number of aromatic nitrogens is 2. The Hall–Kier alpha value is -2.28. The number of anilines is 1. The molecule has 86 valence electrons. The molecule has 2 rings (SSSR count). The van der Waals surface area contributed by atoms with Crippen molar-refractivity contribution in [3.05, 3.63) is 46.8 Å². The summed E-state index contributed by atoms with van der Waals surface area (Å²) in [5, 5.41) is 13.4. The maximum absolute atomic E-state index is 9.02. The summed E-state index contributed by atoms with van der Waals surface area (Å²) in [5.74, 6) is 0. The highest BCUT2D eigenvalue weighted by Gasteiger charge is 2.09. The number of hydrogen-bond acceptors (Lipinski definition) is 3. The third-order valence-electron chi connectivity index (χ3n) is 2.90. The number of rotatable bonds is 2. The summed E-state index contributed by atoms with van der Waals surface area (Å²) in [6.07, 6.45) is 0. The van der Waals surface area contributed by atoms with Crippen molar-refractivity contribution < 1.29 is 0 Å². The van der Waals surface area contributed by atoms with E-state index >= 15 is 0 Å². The fourth-order valence-electron chi connectivity index (χ4n) is 1.79. The predicted octanol–water partition coefficient (Wildman–Crippen LogP) is 2.00. The summed E-state index contributed by atoms with van der Waals surface area (Å²) in [6.45, 7) is 4.40. The van der Waals surface area contributed by atoms with E-state index in [2.05, 4.69) is 11.2 Å². The van der Waals surface area contributed by atoms with E-state index in [1.165, 1.54) is 0 Å². The van der Waals surface area contributed by atoms with Crippen LogP contribution in [0.25, 0.3) is 0 Å². The Labute approximate surface area is 100 Å². The van der Waals surface area contributed by atoms with E-state index in [-0.39, 0.29) is 0 Å². The summed E-state index contributed by atoms with van der Waals surface area (Å²) >= 11 is 0. The average Bonchev–Trinajstić information content (AvgIpc) is 2.58. The highest BCUT2D eigenvalue weighted by atomic mass is 15.3. The Morgan fingerprint density at radius 3 is 2.65 bits per heavy atom. The molecule has 0 atom stereocenters. The average molecular weight is 226 g/mol. The number of nitrogens with zero attached hydrogens (tertiary/aromatic N) is 3. The van der Waals surface area contributed by atoms with E-state index in [0.717, 1.165) is 22.6 Å². The molecule has 0 saturated heterocycles. The van der Waals surface area contributed by atoms with Crippen LogP contribution in [0.5, 0.6) is 0 Å². The van der Waals surface area contributed by atoms with Gasteiger partial charge in [0.1, 0.15) is 0 Å².